The maximum atomic E-state index is 12.2. The summed E-state index contributed by atoms with van der Waals surface area (Å²) in [5.41, 5.74) is -0.136. The number of aromatic nitrogens is 2. The first-order chi connectivity index (χ1) is 10.8. The molecule has 120 valence electrons. The minimum atomic E-state index is -4.85. The number of hydrogen-bond donors (Lipinski definition) is 3. The van der Waals surface area contributed by atoms with E-state index in [-0.39, 0.29) is 57.4 Å². The SMILES string of the molecule is N#Cc1cnc(NC(=O)c2cc(Cl)ccc2OP(=O)(O)O)cn1.[NaH]. The molecule has 1 aromatic heterocycles. The molecule has 0 radical (unpaired) electrons. The molecule has 0 saturated carbocycles. The van der Waals surface area contributed by atoms with E-state index in [9.17, 15) is 9.36 Å². The molecular formula is C12H9ClN4NaO5P. The summed E-state index contributed by atoms with van der Waals surface area (Å²) >= 11 is 5.78. The number of nitrogens with one attached hydrogen (secondary N) is 1. The second-order valence-electron chi connectivity index (χ2n) is 4.08. The first kappa shape index (κ1) is 20.5. The van der Waals surface area contributed by atoms with Crippen LogP contribution >= 0.6 is 19.4 Å². The Kier molecular flexibility index (Phi) is 7.32. The Morgan fingerprint density at radius 3 is 2.58 bits per heavy atom. The van der Waals surface area contributed by atoms with Crippen LogP contribution in [0.5, 0.6) is 5.75 Å². The number of nitriles is 1. The second kappa shape index (κ2) is 8.55. The van der Waals surface area contributed by atoms with Gasteiger partial charge in [0, 0.05) is 5.02 Å². The van der Waals surface area contributed by atoms with E-state index >= 15 is 0 Å². The number of phosphoric acid groups is 1. The van der Waals surface area contributed by atoms with Crippen LogP contribution in [0, 0.1) is 11.3 Å². The van der Waals surface area contributed by atoms with Gasteiger partial charge in [-0.2, -0.15) is 5.26 Å². The molecule has 0 atom stereocenters. The zero-order chi connectivity index (χ0) is 17.0. The summed E-state index contributed by atoms with van der Waals surface area (Å²) in [6.45, 7) is 0. The van der Waals surface area contributed by atoms with Gasteiger partial charge in [0.1, 0.15) is 11.8 Å². The van der Waals surface area contributed by atoms with Crippen molar-refractivity contribution in [3.8, 4) is 11.8 Å². The van der Waals surface area contributed by atoms with E-state index in [0.717, 1.165) is 18.5 Å². The molecule has 1 aromatic carbocycles. The normalized spacial score (nSPS) is 10.2. The van der Waals surface area contributed by atoms with Crippen molar-refractivity contribution in [1.29, 1.82) is 5.26 Å². The molecule has 0 saturated heterocycles. The van der Waals surface area contributed by atoms with Gasteiger partial charge < -0.3 is 9.84 Å². The molecule has 12 heteroatoms. The summed E-state index contributed by atoms with van der Waals surface area (Å²) < 4.78 is 15.4. The van der Waals surface area contributed by atoms with Crippen LogP contribution in [-0.4, -0.2) is 55.2 Å². The number of rotatable bonds is 4. The average molecular weight is 379 g/mol. The van der Waals surface area contributed by atoms with Crippen LogP contribution in [0.15, 0.2) is 30.6 Å². The number of nitrogens with zero attached hydrogens (tertiary/aromatic N) is 3. The standard InChI is InChI=1S/C12H8ClN4O5P.Na.H/c13-7-1-2-10(22-23(19,20)21)9(3-7)12(18)17-11-6-15-8(4-14)5-16-11;;/h1-3,5-6H,(H,16,17,18)(H2,19,20,21);;. The first-order valence-corrected chi connectivity index (χ1v) is 7.77. The number of benzene rings is 1. The van der Waals surface area contributed by atoms with Gasteiger partial charge in [0.2, 0.25) is 0 Å². The molecule has 0 aliphatic rings. The van der Waals surface area contributed by atoms with Crippen LogP contribution in [0.1, 0.15) is 16.1 Å². The third kappa shape index (κ3) is 5.85. The molecule has 0 unspecified atom stereocenters. The van der Waals surface area contributed by atoms with Crippen LogP contribution in [-0.2, 0) is 4.57 Å². The van der Waals surface area contributed by atoms with Crippen molar-refractivity contribution in [3.05, 3.63) is 46.9 Å². The summed E-state index contributed by atoms with van der Waals surface area (Å²) in [5, 5.41) is 11.1. The van der Waals surface area contributed by atoms with Gasteiger partial charge in [-0.1, -0.05) is 11.6 Å². The molecule has 9 nitrogen and oxygen atoms in total. The van der Waals surface area contributed by atoms with Crippen molar-refractivity contribution in [2.75, 3.05) is 5.32 Å². The summed E-state index contributed by atoms with van der Waals surface area (Å²) in [7, 11) is -4.85. The minimum absolute atomic E-state index is 0. The van der Waals surface area contributed by atoms with Gasteiger partial charge >= 0.3 is 37.4 Å². The van der Waals surface area contributed by atoms with E-state index in [2.05, 4.69) is 19.8 Å². The van der Waals surface area contributed by atoms with E-state index in [1.54, 1.807) is 6.07 Å². The Hall–Kier alpha value is -1.50. The number of carbonyl (C=O) groups excluding carboxylic acids is 1. The fourth-order valence-corrected chi connectivity index (χ4v) is 2.11. The Balaban J connectivity index is 0.00000288. The third-order valence-corrected chi connectivity index (χ3v) is 3.08. The van der Waals surface area contributed by atoms with E-state index in [0.29, 0.717) is 0 Å². The van der Waals surface area contributed by atoms with E-state index < -0.39 is 13.7 Å². The molecule has 2 aromatic rings. The Bertz CT molecular complexity index is 836. The van der Waals surface area contributed by atoms with Gasteiger partial charge in [-0.25, -0.2) is 14.5 Å². The quantitative estimate of drug-likeness (QED) is 0.529. The van der Waals surface area contributed by atoms with Crippen LogP contribution in [0.4, 0.5) is 5.82 Å². The predicted molar refractivity (Wildman–Crippen MR) is 86.0 cm³/mol. The van der Waals surface area contributed by atoms with Gasteiger partial charge in [0.05, 0.1) is 18.0 Å². The molecule has 1 heterocycles. The van der Waals surface area contributed by atoms with E-state index in [4.69, 9.17) is 26.6 Å². The van der Waals surface area contributed by atoms with Crippen molar-refractivity contribution in [2.24, 2.45) is 0 Å². The number of amides is 1. The summed E-state index contributed by atoms with van der Waals surface area (Å²) in [6.07, 6.45) is 2.31. The maximum absolute atomic E-state index is 12.2. The number of anilines is 1. The Morgan fingerprint density at radius 1 is 1.33 bits per heavy atom. The molecule has 3 N–H and O–H groups in total. The molecule has 0 fully saturated rings. The van der Waals surface area contributed by atoms with Crippen LogP contribution < -0.4 is 9.84 Å². The Labute approximate surface area is 163 Å². The zero-order valence-corrected chi connectivity index (χ0v) is 12.8. The Morgan fingerprint density at radius 2 is 2.04 bits per heavy atom. The molecule has 0 spiro atoms. The molecule has 0 aliphatic carbocycles. The van der Waals surface area contributed by atoms with Gasteiger partial charge in [-0.05, 0) is 18.2 Å². The van der Waals surface area contributed by atoms with Crippen LogP contribution in [0.3, 0.4) is 0 Å². The molecule has 2 rings (SSSR count). The molecule has 24 heavy (non-hydrogen) atoms. The molecule has 0 bridgehead atoms. The average Bonchev–Trinajstić information content (AvgIpc) is 2.48. The summed E-state index contributed by atoms with van der Waals surface area (Å²) in [4.78, 5) is 37.4. The van der Waals surface area contributed by atoms with E-state index in [1.807, 2.05) is 0 Å². The topological polar surface area (TPSA) is 145 Å². The predicted octanol–water partition coefficient (Wildman–Crippen LogP) is 1.08. The fraction of sp³-hybridized carbons (Fsp3) is 0. The van der Waals surface area contributed by atoms with Crippen molar-refractivity contribution in [2.45, 2.75) is 0 Å². The van der Waals surface area contributed by atoms with Gasteiger partial charge in [-0.3, -0.25) is 14.6 Å². The van der Waals surface area contributed by atoms with Crippen molar-refractivity contribution in [1.82, 2.24) is 9.97 Å². The summed E-state index contributed by atoms with van der Waals surface area (Å²) in [6, 6.07) is 5.41. The fourth-order valence-electron chi connectivity index (χ4n) is 1.52. The van der Waals surface area contributed by atoms with E-state index in [1.165, 1.54) is 12.1 Å². The summed E-state index contributed by atoms with van der Waals surface area (Å²) in [5.74, 6) is -1.08. The van der Waals surface area contributed by atoms with Crippen LogP contribution in [0.25, 0.3) is 0 Å². The second-order valence-corrected chi connectivity index (χ2v) is 5.68. The van der Waals surface area contributed by atoms with Gasteiger partial charge in [0.25, 0.3) is 5.91 Å². The van der Waals surface area contributed by atoms with Crippen molar-refractivity contribution >= 4 is 60.7 Å². The van der Waals surface area contributed by atoms with Gasteiger partial charge in [0.15, 0.2) is 11.5 Å². The van der Waals surface area contributed by atoms with Crippen LogP contribution in [0.2, 0.25) is 5.02 Å². The number of carbonyl (C=O) groups is 1. The molecular weight excluding hydrogens is 370 g/mol. The number of phosphoric ester groups is 1. The number of halogens is 1. The number of hydrogen-bond acceptors (Lipinski definition) is 6. The molecule has 1 amide bonds. The zero-order valence-electron chi connectivity index (χ0n) is 11.2. The van der Waals surface area contributed by atoms with Crippen molar-refractivity contribution in [3.63, 3.8) is 0 Å². The first-order valence-electron chi connectivity index (χ1n) is 5.86. The van der Waals surface area contributed by atoms with Gasteiger partial charge in [-0.15, -0.1) is 0 Å². The third-order valence-electron chi connectivity index (χ3n) is 2.41. The molecule has 0 aliphatic heterocycles. The monoisotopic (exact) mass is 378 g/mol. The van der Waals surface area contributed by atoms with Crippen molar-refractivity contribution < 1.29 is 23.7 Å².